The number of rotatable bonds is 12. The van der Waals surface area contributed by atoms with Gasteiger partial charge in [0, 0.05) is 124 Å². The van der Waals surface area contributed by atoms with Crippen molar-refractivity contribution in [1.29, 1.82) is 0 Å². The maximum absolute atomic E-state index is 6.48. The summed E-state index contributed by atoms with van der Waals surface area (Å²) in [5.41, 5.74) is 31.7. The maximum atomic E-state index is 6.48. The number of nitrogens with zero attached hydrogens (tertiary/aromatic N) is 8. The molecule has 626 valence electrons. The molecule has 16 aromatic rings. The van der Waals surface area contributed by atoms with Gasteiger partial charge in [-0.05, 0) is 235 Å². The van der Waals surface area contributed by atoms with E-state index in [0.29, 0.717) is 23.7 Å². The number of aryl methyl sites for hydroxylation is 8. The van der Waals surface area contributed by atoms with Gasteiger partial charge in [0.25, 0.3) is 0 Å². The van der Waals surface area contributed by atoms with Crippen molar-refractivity contribution in [3.05, 3.63) is 238 Å². The molecule has 0 saturated heterocycles. The standard InChI is InChI=1S/C28H31N2O.C28H33N2O.2C27H31N2O/c1-18-11-13-22-23-14-15-24(20-9-5-6-10-20)29-28(23)31-27(22)26(18)25-16-12-21(17-30(25)2)19-7-3-4-8-19;1-18-10-13-22-23-14-12-21(16-28(2,3)4)29-27(23)31-26(22)25(18)24-15-11-20(17-30(24)5)19-8-6-7-9-19;1-17-10-12-20-21-13-15-23(27(2,3)4)28-26(21)30-25(20)24(17)22-14-11-19(16-29(22)5)18-8-6-7-9-18;1-17(2)15-21-11-13-23-22-12-9-18(3)25(26(22)30-27(23)28-21)24-14-10-20(16-29(24)4)19-7-5-6-8-19/h11-17,19-20H,3-10H2,1-2H3;10-15,17,19H,6-9,16H2,1-5H3;10-16,18H,6-9H2,1-5H3;9-14,16-17,19H,5-8,15H2,1-4H3/q4*+1. The molecule has 4 aromatic carbocycles. The minimum atomic E-state index is -0.00553. The molecule has 21 rings (SSSR count). The highest BCUT2D eigenvalue weighted by atomic mass is 16.4. The molecule has 0 unspecified atom stereocenters. The molecule has 12 heteroatoms. The van der Waals surface area contributed by atoms with Crippen LogP contribution in [-0.4, -0.2) is 19.9 Å². The highest BCUT2D eigenvalue weighted by Crippen LogP contribution is 2.46. The van der Waals surface area contributed by atoms with Gasteiger partial charge in [0.05, 0.1) is 22.3 Å². The number of pyridine rings is 8. The Hall–Kier alpha value is -10.7. The van der Waals surface area contributed by atoms with Crippen LogP contribution in [-0.2, 0) is 46.4 Å². The lowest BCUT2D eigenvalue weighted by Gasteiger charge is -2.16. The predicted molar refractivity (Wildman–Crippen MR) is 498 cm³/mol. The zero-order chi connectivity index (χ0) is 84.6. The maximum Gasteiger partial charge on any atom is 0.227 e. The third-order valence-corrected chi connectivity index (χ3v) is 27.8. The molecular weight excluding hydrogens is 1500 g/mol. The summed E-state index contributed by atoms with van der Waals surface area (Å²) in [6.07, 6.45) is 37.8. The van der Waals surface area contributed by atoms with Crippen LogP contribution >= 0.6 is 0 Å². The second-order valence-corrected chi connectivity index (χ2v) is 39.7. The van der Waals surface area contributed by atoms with E-state index >= 15 is 0 Å². The molecular formula is C110H126N8O4+4. The first kappa shape index (κ1) is 82.2. The molecule has 5 fully saturated rings. The van der Waals surface area contributed by atoms with Crippen molar-refractivity contribution >= 4 is 88.3 Å². The van der Waals surface area contributed by atoms with Gasteiger partial charge in [-0.1, -0.05) is 168 Å². The van der Waals surface area contributed by atoms with Gasteiger partial charge in [-0.2, -0.15) is 0 Å². The number of fused-ring (bicyclic) bond motifs is 12. The number of hydrogen-bond acceptors (Lipinski definition) is 8. The molecule has 0 radical (unpaired) electrons. The fourth-order valence-corrected chi connectivity index (χ4v) is 21.2. The van der Waals surface area contributed by atoms with E-state index in [0.717, 1.165) is 125 Å². The summed E-state index contributed by atoms with van der Waals surface area (Å²) in [5, 5.41) is 9.01. The van der Waals surface area contributed by atoms with Crippen LogP contribution in [0.3, 0.4) is 0 Å². The van der Waals surface area contributed by atoms with Crippen LogP contribution < -0.4 is 18.3 Å². The number of aromatic nitrogens is 8. The van der Waals surface area contributed by atoms with E-state index in [-0.39, 0.29) is 10.8 Å². The number of benzene rings is 4. The van der Waals surface area contributed by atoms with E-state index in [1.54, 1.807) is 0 Å². The van der Waals surface area contributed by atoms with E-state index in [1.807, 2.05) is 0 Å². The fraction of sp³-hybridized carbons (Fsp3) is 0.418. The Morgan fingerprint density at radius 1 is 0.311 bits per heavy atom. The molecule has 0 aliphatic heterocycles. The van der Waals surface area contributed by atoms with Crippen LogP contribution in [0.1, 0.15) is 281 Å². The van der Waals surface area contributed by atoms with E-state index in [9.17, 15) is 0 Å². The van der Waals surface area contributed by atoms with Crippen LogP contribution in [0.2, 0.25) is 0 Å². The second-order valence-electron chi connectivity index (χ2n) is 39.7. The Kier molecular flexibility index (Phi) is 22.8. The first-order valence-corrected chi connectivity index (χ1v) is 46.1. The first-order chi connectivity index (χ1) is 58.8. The summed E-state index contributed by atoms with van der Waals surface area (Å²) in [6.45, 7) is 26.4. The lowest BCUT2D eigenvalue weighted by molar-refractivity contribution is -0.661. The van der Waals surface area contributed by atoms with Gasteiger partial charge < -0.3 is 17.7 Å². The Bertz CT molecular complexity index is 6620. The SMILES string of the molecule is Cc1ccc2c(oc3nc(C(C)(C)C)ccc32)c1-c1ccc(C2CCCC2)c[n+]1C.Cc1ccc2c(oc3nc(C4CCCC4)ccc32)c1-c1ccc(C2CCCC2)c[n+]1C.Cc1ccc2c(oc3nc(CC(C)(C)C)ccc32)c1-c1ccc(C2CCCC2)c[n+]1C.Cc1ccc2c(oc3nc(CC(C)C)ccc32)c1-c1ccc(C2CCCC2)c[n+]1C. The smallest absolute Gasteiger partial charge is 0.227 e. The molecule has 0 spiro atoms. The Morgan fingerprint density at radius 2 is 0.590 bits per heavy atom. The fourth-order valence-electron chi connectivity index (χ4n) is 21.2. The molecule has 0 amide bonds. The summed E-state index contributed by atoms with van der Waals surface area (Å²) in [5.74, 6) is 4.05. The van der Waals surface area contributed by atoms with Gasteiger partial charge in [-0.15, -0.1) is 0 Å². The van der Waals surface area contributed by atoms with Gasteiger partial charge in [-0.25, -0.2) is 38.2 Å². The molecule has 12 aromatic heterocycles. The van der Waals surface area contributed by atoms with Crippen LogP contribution in [0.25, 0.3) is 133 Å². The number of hydrogen-bond donors (Lipinski definition) is 0. The minimum Gasteiger partial charge on any atom is -0.437 e. The Balaban J connectivity index is 0.000000111. The molecule has 0 bridgehead atoms. The number of furan rings is 4. The normalized spacial score (nSPS) is 16.0. The lowest BCUT2D eigenvalue weighted by atomic mass is 9.90. The zero-order valence-corrected chi connectivity index (χ0v) is 75.4. The topological polar surface area (TPSA) is 120 Å². The van der Waals surface area contributed by atoms with Crippen LogP contribution in [0.15, 0.2) is 188 Å². The summed E-state index contributed by atoms with van der Waals surface area (Å²) in [6, 6.07) is 53.4. The summed E-state index contributed by atoms with van der Waals surface area (Å²) in [7, 11) is 8.65. The molecule has 12 nitrogen and oxygen atoms in total. The van der Waals surface area contributed by atoms with Crippen molar-refractivity contribution in [3.63, 3.8) is 0 Å². The van der Waals surface area contributed by atoms with Gasteiger partial charge in [-0.3, -0.25) is 0 Å². The predicted octanol–water partition coefficient (Wildman–Crippen LogP) is 27.5. The summed E-state index contributed by atoms with van der Waals surface area (Å²) in [4.78, 5) is 19.5. The van der Waals surface area contributed by atoms with Crippen molar-refractivity contribution in [2.75, 3.05) is 0 Å². The van der Waals surface area contributed by atoms with Gasteiger partial charge in [0.2, 0.25) is 45.6 Å². The molecule has 0 N–H and O–H groups in total. The average molecular weight is 1620 g/mol. The molecule has 122 heavy (non-hydrogen) atoms. The van der Waals surface area contributed by atoms with Crippen LogP contribution in [0.5, 0.6) is 0 Å². The van der Waals surface area contributed by atoms with Crippen molar-refractivity contribution in [2.24, 2.45) is 39.5 Å². The third kappa shape index (κ3) is 16.4. The van der Waals surface area contributed by atoms with E-state index in [2.05, 4.69) is 300 Å². The molecule has 5 aliphatic carbocycles. The van der Waals surface area contributed by atoms with Gasteiger partial charge in [0.1, 0.15) is 28.2 Å². The van der Waals surface area contributed by atoms with E-state index < -0.39 is 0 Å². The summed E-state index contributed by atoms with van der Waals surface area (Å²) < 4.78 is 34.9. The average Bonchev–Trinajstić information content (AvgIpc) is 1.60. The quantitative estimate of drug-likeness (QED) is 0.111. The molecule has 12 heterocycles. The summed E-state index contributed by atoms with van der Waals surface area (Å²) >= 11 is 0. The second kappa shape index (κ2) is 33.8. The molecule has 0 atom stereocenters. The Labute approximate surface area is 721 Å². The Morgan fingerprint density at radius 3 is 0.902 bits per heavy atom. The van der Waals surface area contributed by atoms with Crippen molar-refractivity contribution < 1.29 is 35.9 Å². The van der Waals surface area contributed by atoms with E-state index in [1.165, 1.54) is 229 Å². The highest BCUT2D eigenvalue weighted by molar-refractivity contribution is 6.12. The first-order valence-electron chi connectivity index (χ1n) is 46.1. The monoisotopic (exact) mass is 1620 g/mol. The van der Waals surface area contributed by atoms with Crippen molar-refractivity contribution in [2.45, 2.75) is 259 Å². The van der Waals surface area contributed by atoms with Gasteiger partial charge in [0.15, 0.2) is 47.1 Å². The molecule has 5 aliphatic rings. The largest absolute Gasteiger partial charge is 0.437 e. The highest BCUT2D eigenvalue weighted by Gasteiger charge is 2.32. The lowest BCUT2D eigenvalue weighted by Crippen LogP contribution is -2.31. The minimum absolute atomic E-state index is 0.00553. The van der Waals surface area contributed by atoms with Crippen LogP contribution in [0.4, 0.5) is 0 Å². The van der Waals surface area contributed by atoms with Gasteiger partial charge >= 0.3 is 0 Å². The molecule has 5 saturated carbocycles. The van der Waals surface area contributed by atoms with Crippen molar-refractivity contribution in [1.82, 2.24) is 19.9 Å². The third-order valence-electron chi connectivity index (χ3n) is 27.8. The van der Waals surface area contributed by atoms with Crippen LogP contribution in [0, 0.1) is 39.0 Å². The zero-order valence-electron chi connectivity index (χ0n) is 75.4. The van der Waals surface area contributed by atoms with Crippen molar-refractivity contribution in [3.8, 4) is 45.0 Å². The van der Waals surface area contributed by atoms with E-state index in [4.69, 9.17) is 37.6 Å².